The van der Waals surface area contributed by atoms with E-state index >= 15 is 0 Å². The highest BCUT2D eigenvalue weighted by Crippen LogP contribution is 2.40. The molecule has 2 aliphatic rings. The van der Waals surface area contributed by atoms with Gasteiger partial charge >= 0.3 is 5.97 Å². The summed E-state index contributed by atoms with van der Waals surface area (Å²) in [5.74, 6) is -1.10. The van der Waals surface area contributed by atoms with E-state index in [2.05, 4.69) is 10.3 Å². The first-order chi connectivity index (χ1) is 17.3. The average Bonchev–Trinajstić information content (AvgIpc) is 3.38. The van der Waals surface area contributed by atoms with Gasteiger partial charge in [-0.3, -0.25) is 4.99 Å². The lowest BCUT2D eigenvalue weighted by Gasteiger charge is -2.41. The number of sulfonamides is 1. The monoisotopic (exact) mass is 546 g/mol. The molecule has 0 saturated carbocycles. The van der Waals surface area contributed by atoms with E-state index in [4.69, 9.17) is 21.3 Å². The Morgan fingerprint density at radius 1 is 1.22 bits per heavy atom. The lowest BCUT2D eigenvalue weighted by molar-refractivity contribution is -0.136. The molecule has 0 amide bonds. The maximum Gasteiger partial charge on any atom is 0.338 e. The number of hydrogen-bond donors (Lipinski definition) is 1. The van der Waals surface area contributed by atoms with Crippen LogP contribution in [0, 0.1) is 11.7 Å². The van der Waals surface area contributed by atoms with Crippen LogP contribution in [0.3, 0.4) is 0 Å². The summed E-state index contributed by atoms with van der Waals surface area (Å²) in [6.07, 6.45) is 1.63. The lowest BCUT2D eigenvalue weighted by Crippen LogP contribution is -2.54. The Morgan fingerprint density at radius 2 is 1.97 bits per heavy atom. The van der Waals surface area contributed by atoms with E-state index in [9.17, 15) is 17.6 Å². The third-order valence-electron chi connectivity index (χ3n) is 6.01. The van der Waals surface area contributed by atoms with E-state index in [0.717, 1.165) is 6.07 Å². The normalized spacial score (nSPS) is 18.9. The number of carbonyl (C=O) groups excluding carboxylic acids is 1. The number of nitrogens with zero attached hydrogens (tertiary/aromatic N) is 3. The molecule has 0 spiro atoms. The molecule has 2 aliphatic heterocycles. The van der Waals surface area contributed by atoms with E-state index in [1.807, 2.05) is 0 Å². The van der Waals surface area contributed by atoms with Crippen LogP contribution in [0.15, 0.2) is 81.3 Å². The SMILES string of the molecule is COC(=O)C1=C(C2CN(S(=O)(=O)c3ccccc3)C2)NC(c2nccs2)=NC1c1ccc(F)cc1Cl. The van der Waals surface area contributed by atoms with Crippen LogP contribution in [0.4, 0.5) is 4.39 Å². The smallest absolute Gasteiger partial charge is 0.338 e. The molecule has 5 rings (SSSR count). The lowest BCUT2D eigenvalue weighted by atomic mass is 9.88. The third kappa shape index (κ3) is 4.43. The van der Waals surface area contributed by atoms with Crippen LogP contribution < -0.4 is 5.32 Å². The molecule has 1 fully saturated rings. The van der Waals surface area contributed by atoms with E-state index in [1.54, 1.807) is 41.9 Å². The van der Waals surface area contributed by atoms with Crippen LogP contribution in [0.25, 0.3) is 0 Å². The fourth-order valence-electron chi connectivity index (χ4n) is 4.18. The summed E-state index contributed by atoms with van der Waals surface area (Å²) in [4.78, 5) is 22.2. The topological polar surface area (TPSA) is 101 Å². The second kappa shape index (κ2) is 9.74. The number of aromatic nitrogens is 1. The van der Waals surface area contributed by atoms with Gasteiger partial charge in [0, 0.05) is 46.9 Å². The summed E-state index contributed by atoms with van der Waals surface area (Å²) in [5, 5.41) is 5.67. The molecule has 3 heterocycles. The maximum atomic E-state index is 13.8. The maximum absolute atomic E-state index is 13.8. The van der Waals surface area contributed by atoms with Gasteiger partial charge in [0.1, 0.15) is 11.9 Å². The predicted molar refractivity (Wildman–Crippen MR) is 134 cm³/mol. The zero-order valence-corrected chi connectivity index (χ0v) is 21.3. The largest absolute Gasteiger partial charge is 0.466 e. The van der Waals surface area contributed by atoms with Crippen LogP contribution in [0.2, 0.25) is 5.02 Å². The Balaban J connectivity index is 1.55. The minimum absolute atomic E-state index is 0.104. The van der Waals surface area contributed by atoms with Gasteiger partial charge in [-0.2, -0.15) is 4.31 Å². The molecule has 36 heavy (non-hydrogen) atoms. The number of aliphatic imine (C=N–C) groups is 1. The summed E-state index contributed by atoms with van der Waals surface area (Å²) in [6.45, 7) is 0.296. The molecule has 3 aromatic rings. The van der Waals surface area contributed by atoms with Gasteiger partial charge < -0.3 is 10.1 Å². The molecule has 1 saturated heterocycles. The van der Waals surface area contributed by atoms with Gasteiger partial charge in [0.15, 0.2) is 10.8 Å². The highest BCUT2D eigenvalue weighted by Gasteiger charge is 2.44. The summed E-state index contributed by atoms with van der Waals surface area (Å²) in [5.41, 5.74) is 1.08. The van der Waals surface area contributed by atoms with Crippen LogP contribution in [0.1, 0.15) is 16.6 Å². The molecule has 1 N–H and O–H groups in total. The second-order valence-corrected chi connectivity index (χ2v) is 11.4. The van der Waals surface area contributed by atoms with Crippen molar-refractivity contribution in [2.45, 2.75) is 10.9 Å². The van der Waals surface area contributed by atoms with E-state index < -0.39 is 27.9 Å². The van der Waals surface area contributed by atoms with E-state index in [-0.39, 0.29) is 34.5 Å². The molecule has 8 nitrogen and oxygen atoms in total. The van der Waals surface area contributed by atoms with Crippen molar-refractivity contribution in [1.82, 2.24) is 14.6 Å². The molecule has 1 atom stereocenters. The highest BCUT2D eigenvalue weighted by molar-refractivity contribution is 7.89. The number of esters is 1. The van der Waals surface area contributed by atoms with E-state index in [1.165, 1.54) is 34.9 Å². The van der Waals surface area contributed by atoms with Crippen molar-refractivity contribution in [3.8, 4) is 0 Å². The number of carbonyl (C=O) groups is 1. The first-order valence-corrected chi connectivity index (χ1v) is 13.6. The van der Waals surface area contributed by atoms with Gasteiger partial charge in [-0.25, -0.2) is 22.6 Å². The molecule has 186 valence electrons. The van der Waals surface area contributed by atoms with Crippen LogP contribution in [-0.4, -0.2) is 49.7 Å². The van der Waals surface area contributed by atoms with Gasteiger partial charge in [-0.1, -0.05) is 35.9 Å². The van der Waals surface area contributed by atoms with Crippen molar-refractivity contribution in [1.29, 1.82) is 0 Å². The van der Waals surface area contributed by atoms with Crippen molar-refractivity contribution in [3.05, 3.63) is 92.8 Å². The average molecular weight is 547 g/mol. The first-order valence-electron chi connectivity index (χ1n) is 10.9. The van der Waals surface area contributed by atoms with Crippen molar-refractivity contribution in [2.24, 2.45) is 10.9 Å². The summed E-state index contributed by atoms with van der Waals surface area (Å²) in [6, 6.07) is 11.1. The van der Waals surface area contributed by atoms with E-state index in [0.29, 0.717) is 22.1 Å². The first kappa shape index (κ1) is 24.6. The fraction of sp³-hybridized carbons (Fsp3) is 0.208. The number of hydrogen-bond acceptors (Lipinski definition) is 8. The number of rotatable bonds is 6. The molecule has 0 bridgehead atoms. The zero-order valence-electron chi connectivity index (χ0n) is 18.9. The molecule has 12 heteroatoms. The number of nitrogens with one attached hydrogen (secondary N) is 1. The second-order valence-electron chi connectivity index (χ2n) is 8.16. The van der Waals surface area contributed by atoms with Crippen LogP contribution >= 0.6 is 22.9 Å². The molecular formula is C24H20ClFN4O4S2. The Labute approximate surface area is 216 Å². The van der Waals surface area contributed by atoms with Gasteiger partial charge in [-0.05, 0) is 24.3 Å². The van der Waals surface area contributed by atoms with Gasteiger partial charge in [0.05, 0.1) is 17.6 Å². The summed E-state index contributed by atoms with van der Waals surface area (Å²) < 4.78 is 46.3. The number of ether oxygens (including phenoxy) is 1. The van der Waals surface area contributed by atoms with Crippen molar-refractivity contribution in [2.75, 3.05) is 20.2 Å². The Kier molecular flexibility index (Phi) is 6.64. The van der Waals surface area contributed by atoms with Crippen LogP contribution in [-0.2, 0) is 19.6 Å². The van der Waals surface area contributed by atoms with Gasteiger partial charge in [-0.15, -0.1) is 11.3 Å². The highest BCUT2D eigenvalue weighted by atomic mass is 35.5. The summed E-state index contributed by atoms with van der Waals surface area (Å²) in [7, 11) is -2.43. The Morgan fingerprint density at radius 3 is 2.61 bits per heavy atom. The van der Waals surface area contributed by atoms with Crippen molar-refractivity contribution in [3.63, 3.8) is 0 Å². The van der Waals surface area contributed by atoms with Crippen LogP contribution in [0.5, 0.6) is 0 Å². The standard InChI is InChI=1S/C24H20ClFN4O4S2/c1-34-24(31)19-20(14-12-30(13-14)36(32,33)16-5-3-2-4-6-16)28-22(23-27-9-10-35-23)29-21(19)17-8-7-15(26)11-18(17)25/h2-11,14,21H,12-13H2,1H3,(H,28,29). The Bertz CT molecular complexity index is 1470. The van der Waals surface area contributed by atoms with Gasteiger partial charge in [0.2, 0.25) is 10.0 Å². The predicted octanol–water partition coefficient (Wildman–Crippen LogP) is 3.77. The zero-order chi connectivity index (χ0) is 25.4. The number of thiazole rings is 1. The minimum Gasteiger partial charge on any atom is -0.466 e. The number of benzene rings is 2. The fourth-order valence-corrected chi connectivity index (χ4v) is 6.59. The minimum atomic E-state index is -3.69. The molecule has 1 aromatic heterocycles. The molecule has 0 aliphatic carbocycles. The molecule has 2 aromatic carbocycles. The third-order valence-corrected chi connectivity index (χ3v) is 8.96. The van der Waals surface area contributed by atoms with Gasteiger partial charge in [0.25, 0.3) is 0 Å². The van der Waals surface area contributed by atoms with Crippen molar-refractivity contribution >= 4 is 44.8 Å². The summed E-state index contributed by atoms with van der Waals surface area (Å²) >= 11 is 7.72. The number of halogens is 2. The number of methoxy groups -OCH3 is 1. The number of amidine groups is 1. The molecule has 1 unspecified atom stereocenters. The quantitative estimate of drug-likeness (QED) is 0.472. The van der Waals surface area contributed by atoms with Crippen molar-refractivity contribution < 1.29 is 22.3 Å². The molecule has 0 radical (unpaired) electrons. The Hall–Kier alpha value is -3.12. The molecular weight excluding hydrogens is 527 g/mol.